The van der Waals surface area contributed by atoms with Gasteiger partial charge < -0.3 is 20.1 Å². The van der Waals surface area contributed by atoms with Crippen LogP contribution in [0.4, 0.5) is 4.39 Å². The van der Waals surface area contributed by atoms with Crippen molar-refractivity contribution < 1.29 is 13.9 Å². The zero-order valence-corrected chi connectivity index (χ0v) is 16.9. The maximum atomic E-state index is 13.2. The van der Waals surface area contributed by atoms with Gasteiger partial charge in [0.1, 0.15) is 17.7 Å². The number of nitrogens with zero attached hydrogens (tertiary/aromatic N) is 2. The second-order valence-electron chi connectivity index (χ2n) is 7.37. The number of guanidine groups is 1. The van der Waals surface area contributed by atoms with Gasteiger partial charge in [0, 0.05) is 39.3 Å². The molecule has 2 N–H and O–H groups in total. The summed E-state index contributed by atoms with van der Waals surface area (Å²) < 4.78 is 24.8. The SMILES string of the molecule is CN=C(NCC(C)Oc1cccc(F)c1)NCC1CN(CC(C)C)CCO1. The third-order valence-corrected chi connectivity index (χ3v) is 4.26. The number of hydrogen-bond donors (Lipinski definition) is 2. The van der Waals surface area contributed by atoms with Crippen LogP contribution in [0.15, 0.2) is 29.3 Å². The lowest BCUT2D eigenvalue weighted by Crippen LogP contribution is -2.50. The van der Waals surface area contributed by atoms with Crippen molar-refractivity contribution >= 4 is 5.96 Å². The van der Waals surface area contributed by atoms with Gasteiger partial charge in [0.05, 0.1) is 19.3 Å². The topological polar surface area (TPSA) is 58.1 Å². The average molecular weight is 381 g/mol. The highest BCUT2D eigenvalue weighted by Gasteiger charge is 2.21. The van der Waals surface area contributed by atoms with E-state index in [1.165, 1.54) is 12.1 Å². The molecule has 0 bridgehead atoms. The second-order valence-corrected chi connectivity index (χ2v) is 7.37. The van der Waals surface area contributed by atoms with Crippen LogP contribution in [0.25, 0.3) is 0 Å². The van der Waals surface area contributed by atoms with E-state index in [1.807, 2.05) is 6.92 Å². The first-order chi connectivity index (χ1) is 13.0. The quantitative estimate of drug-likeness (QED) is 0.534. The standard InChI is InChI=1S/C20H33FN4O2/c1-15(2)13-25-8-9-26-19(14-25)12-24-20(22-4)23-11-16(3)27-18-7-5-6-17(21)10-18/h5-7,10,15-16,19H,8-9,11-14H2,1-4H3,(H2,22,23,24). The maximum absolute atomic E-state index is 13.2. The van der Waals surface area contributed by atoms with E-state index in [0.29, 0.717) is 30.7 Å². The van der Waals surface area contributed by atoms with Gasteiger partial charge in [0.25, 0.3) is 0 Å². The van der Waals surface area contributed by atoms with Crippen molar-refractivity contribution in [2.75, 3.05) is 46.4 Å². The van der Waals surface area contributed by atoms with E-state index in [1.54, 1.807) is 19.2 Å². The van der Waals surface area contributed by atoms with E-state index >= 15 is 0 Å². The predicted molar refractivity (Wildman–Crippen MR) is 107 cm³/mol. The molecular formula is C20H33FN4O2. The smallest absolute Gasteiger partial charge is 0.191 e. The van der Waals surface area contributed by atoms with E-state index in [4.69, 9.17) is 9.47 Å². The van der Waals surface area contributed by atoms with Gasteiger partial charge in [-0.3, -0.25) is 9.89 Å². The Kier molecular flexibility index (Phi) is 8.81. The average Bonchev–Trinajstić information content (AvgIpc) is 2.61. The highest BCUT2D eigenvalue weighted by atomic mass is 19.1. The Labute approximate surface area is 162 Å². The fourth-order valence-electron chi connectivity index (χ4n) is 3.07. The number of benzene rings is 1. The van der Waals surface area contributed by atoms with Gasteiger partial charge in [-0.1, -0.05) is 19.9 Å². The van der Waals surface area contributed by atoms with E-state index in [2.05, 4.69) is 34.4 Å². The molecule has 0 amide bonds. The van der Waals surface area contributed by atoms with Gasteiger partial charge in [0.15, 0.2) is 5.96 Å². The number of ether oxygens (including phenoxy) is 2. The Bertz CT molecular complexity index is 597. The molecular weight excluding hydrogens is 347 g/mol. The molecule has 152 valence electrons. The molecule has 0 aromatic heterocycles. The van der Waals surface area contributed by atoms with E-state index in [-0.39, 0.29) is 18.0 Å². The lowest BCUT2D eigenvalue weighted by molar-refractivity contribution is -0.0284. The first-order valence-corrected chi connectivity index (χ1v) is 9.67. The van der Waals surface area contributed by atoms with Crippen molar-refractivity contribution in [1.29, 1.82) is 0 Å². The van der Waals surface area contributed by atoms with Crippen LogP contribution in [0.3, 0.4) is 0 Å². The van der Waals surface area contributed by atoms with Crippen LogP contribution in [-0.2, 0) is 4.74 Å². The van der Waals surface area contributed by atoms with Crippen LogP contribution < -0.4 is 15.4 Å². The van der Waals surface area contributed by atoms with E-state index in [0.717, 1.165) is 26.2 Å². The summed E-state index contributed by atoms with van der Waals surface area (Å²) in [7, 11) is 1.74. The number of halogens is 1. The molecule has 27 heavy (non-hydrogen) atoms. The third-order valence-electron chi connectivity index (χ3n) is 4.26. The Hall–Kier alpha value is -1.86. The fourth-order valence-corrected chi connectivity index (χ4v) is 3.07. The van der Waals surface area contributed by atoms with Gasteiger partial charge in [0.2, 0.25) is 0 Å². The maximum Gasteiger partial charge on any atom is 0.191 e. The monoisotopic (exact) mass is 380 g/mol. The molecule has 1 aromatic carbocycles. The molecule has 6 nitrogen and oxygen atoms in total. The van der Waals surface area contributed by atoms with Crippen molar-refractivity contribution in [3.05, 3.63) is 30.1 Å². The molecule has 1 saturated heterocycles. The van der Waals surface area contributed by atoms with Gasteiger partial charge >= 0.3 is 0 Å². The third kappa shape index (κ3) is 8.13. The fraction of sp³-hybridized carbons (Fsp3) is 0.650. The Morgan fingerprint density at radius 3 is 2.89 bits per heavy atom. The van der Waals surface area contributed by atoms with Crippen molar-refractivity contribution in [3.63, 3.8) is 0 Å². The van der Waals surface area contributed by atoms with Crippen molar-refractivity contribution in [2.45, 2.75) is 33.0 Å². The number of rotatable bonds is 8. The van der Waals surface area contributed by atoms with E-state index in [9.17, 15) is 4.39 Å². The molecule has 0 spiro atoms. The molecule has 0 aliphatic carbocycles. The highest BCUT2D eigenvalue weighted by molar-refractivity contribution is 5.79. The van der Waals surface area contributed by atoms with Crippen molar-refractivity contribution in [2.24, 2.45) is 10.9 Å². The normalized spacial score (nSPS) is 19.8. The number of hydrogen-bond acceptors (Lipinski definition) is 4. The summed E-state index contributed by atoms with van der Waals surface area (Å²) in [6.07, 6.45) is 0.0230. The molecule has 1 heterocycles. The summed E-state index contributed by atoms with van der Waals surface area (Å²) in [5, 5.41) is 6.55. The number of morpholine rings is 1. The summed E-state index contributed by atoms with van der Waals surface area (Å²) in [5.41, 5.74) is 0. The molecule has 2 unspecified atom stereocenters. The lowest BCUT2D eigenvalue weighted by Gasteiger charge is -2.34. The summed E-state index contributed by atoms with van der Waals surface area (Å²) in [6.45, 7) is 11.5. The minimum atomic E-state index is -0.302. The van der Waals surface area contributed by atoms with Crippen LogP contribution in [0.2, 0.25) is 0 Å². The van der Waals surface area contributed by atoms with Crippen LogP contribution in [0.1, 0.15) is 20.8 Å². The summed E-state index contributed by atoms with van der Waals surface area (Å²) >= 11 is 0. The van der Waals surface area contributed by atoms with Crippen LogP contribution in [-0.4, -0.2) is 69.4 Å². The zero-order chi connectivity index (χ0) is 19.6. The van der Waals surface area contributed by atoms with Crippen LogP contribution in [0.5, 0.6) is 5.75 Å². The largest absolute Gasteiger partial charge is 0.489 e. The summed E-state index contributed by atoms with van der Waals surface area (Å²) in [6, 6.07) is 6.16. The first kappa shape index (κ1) is 21.4. The first-order valence-electron chi connectivity index (χ1n) is 9.67. The molecule has 0 saturated carbocycles. The van der Waals surface area contributed by atoms with Crippen LogP contribution in [0, 0.1) is 11.7 Å². The van der Waals surface area contributed by atoms with Gasteiger partial charge in [-0.05, 0) is 25.0 Å². The van der Waals surface area contributed by atoms with Crippen molar-refractivity contribution in [3.8, 4) is 5.75 Å². The second kappa shape index (κ2) is 11.1. The minimum Gasteiger partial charge on any atom is -0.489 e. The Morgan fingerprint density at radius 1 is 1.37 bits per heavy atom. The number of nitrogens with one attached hydrogen (secondary N) is 2. The zero-order valence-electron chi connectivity index (χ0n) is 16.9. The minimum absolute atomic E-state index is 0.127. The molecule has 2 atom stereocenters. The van der Waals surface area contributed by atoms with Gasteiger partial charge in [-0.2, -0.15) is 0 Å². The summed E-state index contributed by atoms with van der Waals surface area (Å²) in [4.78, 5) is 6.69. The van der Waals surface area contributed by atoms with Crippen LogP contribution >= 0.6 is 0 Å². The highest BCUT2D eigenvalue weighted by Crippen LogP contribution is 2.13. The Balaban J connectivity index is 1.70. The molecule has 0 radical (unpaired) electrons. The molecule has 1 aliphatic heterocycles. The van der Waals surface area contributed by atoms with Crippen molar-refractivity contribution in [1.82, 2.24) is 15.5 Å². The van der Waals surface area contributed by atoms with Gasteiger partial charge in [-0.25, -0.2) is 4.39 Å². The molecule has 1 fully saturated rings. The molecule has 1 aliphatic rings. The lowest BCUT2D eigenvalue weighted by atomic mass is 10.2. The molecule has 1 aromatic rings. The van der Waals surface area contributed by atoms with E-state index < -0.39 is 0 Å². The molecule has 7 heteroatoms. The predicted octanol–water partition coefficient (Wildman–Crippen LogP) is 2.11. The Morgan fingerprint density at radius 2 is 2.19 bits per heavy atom. The number of aliphatic imine (C=N–C) groups is 1. The van der Waals surface area contributed by atoms with Gasteiger partial charge in [-0.15, -0.1) is 0 Å². The molecule has 2 rings (SSSR count). The summed E-state index contributed by atoms with van der Waals surface area (Å²) in [5.74, 6) is 1.58.